The molecule has 110 valence electrons. The zero-order chi connectivity index (χ0) is 14.6. The average molecular weight is 271 g/mol. The van der Waals surface area contributed by atoms with Crippen LogP contribution in [0.1, 0.15) is 33.6 Å². The largest absolute Gasteiger partial charge is 0.480 e. The molecule has 1 atom stereocenters. The van der Waals surface area contributed by atoms with Gasteiger partial charge in [-0.2, -0.15) is 0 Å². The topological polar surface area (TPSA) is 72.9 Å². The van der Waals surface area contributed by atoms with E-state index in [1.807, 2.05) is 14.0 Å². The van der Waals surface area contributed by atoms with Crippen molar-refractivity contribution in [1.29, 1.82) is 0 Å². The number of carboxylic acids is 1. The number of hydrogen-bond donors (Lipinski definition) is 2. The summed E-state index contributed by atoms with van der Waals surface area (Å²) in [6.07, 6.45) is 1.18. The molecule has 1 fully saturated rings. The molecule has 1 aliphatic heterocycles. The van der Waals surface area contributed by atoms with Crippen LogP contribution in [-0.2, 0) is 4.79 Å². The van der Waals surface area contributed by atoms with E-state index >= 15 is 0 Å². The Kier molecular flexibility index (Phi) is 5.17. The lowest BCUT2D eigenvalue weighted by atomic mass is 10.00. The Hall–Kier alpha value is -1.30. The number of nitrogens with one attached hydrogen (secondary N) is 1. The molecule has 1 saturated heterocycles. The number of nitrogens with zero attached hydrogens (tertiary/aromatic N) is 2. The lowest BCUT2D eigenvalue weighted by Gasteiger charge is -2.45. The van der Waals surface area contributed by atoms with E-state index in [0.717, 1.165) is 13.0 Å². The molecule has 0 aromatic rings. The molecule has 0 spiro atoms. The van der Waals surface area contributed by atoms with E-state index in [1.165, 1.54) is 0 Å². The van der Waals surface area contributed by atoms with Crippen molar-refractivity contribution in [1.82, 2.24) is 15.1 Å². The van der Waals surface area contributed by atoms with Crippen molar-refractivity contribution in [3.05, 3.63) is 0 Å². The van der Waals surface area contributed by atoms with E-state index in [9.17, 15) is 9.59 Å². The van der Waals surface area contributed by atoms with Gasteiger partial charge in [-0.05, 0) is 27.3 Å². The zero-order valence-corrected chi connectivity index (χ0v) is 12.3. The summed E-state index contributed by atoms with van der Waals surface area (Å²) in [5, 5.41) is 11.7. The van der Waals surface area contributed by atoms with Crippen LogP contribution in [0, 0.1) is 0 Å². The summed E-state index contributed by atoms with van der Waals surface area (Å²) in [5.41, 5.74) is -0.0843. The first-order valence-electron chi connectivity index (χ1n) is 6.77. The SMILES string of the molecule is CCC[C@@H](NC(=O)N1CCN(C)C(C)(C)C1)C(=O)O. The minimum Gasteiger partial charge on any atom is -0.480 e. The quantitative estimate of drug-likeness (QED) is 0.799. The fourth-order valence-electron chi connectivity index (χ4n) is 2.20. The fraction of sp³-hybridized carbons (Fsp3) is 0.846. The Bertz CT molecular complexity index is 344. The molecule has 0 unspecified atom stereocenters. The highest BCUT2D eigenvalue weighted by atomic mass is 16.4. The molecule has 1 aliphatic rings. The van der Waals surface area contributed by atoms with Gasteiger partial charge in [0.05, 0.1) is 0 Å². The Morgan fingerprint density at radius 3 is 2.47 bits per heavy atom. The first-order valence-corrected chi connectivity index (χ1v) is 6.77. The van der Waals surface area contributed by atoms with Gasteiger partial charge in [0.25, 0.3) is 0 Å². The molecule has 1 rings (SSSR count). The number of urea groups is 1. The summed E-state index contributed by atoms with van der Waals surface area (Å²) in [5.74, 6) is -0.969. The molecule has 1 heterocycles. The van der Waals surface area contributed by atoms with Crippen LogP contribution in [0.25, 0.3) is 0 Å². The van der Waals surface area contributed by atoms with Crippen LogP contribution >= 0.6 is 0 Å². The summed E-state index contributed by atoms with van der Waals surface area (Å²) in [7, 11) is 2.03. The van der Waals surface area contributed by atoms with Crippen LogP contribution in [0.2, 0.25) is 0 Å². The third-order valence-electron chi connectivity index (χ3n) is 3.78. The van der Waals surface area contributed by atoms with Crippen LogP contribution in [0.15, 0.2) is 0 Å². The molecule has 19 heavy (non-hydrogen) atoms. The van der Waals surface area contributed by atoms with Crippen LogP contribution in [0.5, 0.6) is 0 Å². The molecule has 6 nitrogen and oxygen atoms in total. The standard InChI is InChI=1S/C13H25N3O3/c1-5-6-10(11(17)18)14-12(19)16-8-7-15(4)13(2,3)9-16/h10H,5-9H2,1-4H3,(H,14,19)(H,17,18)/t10-/m1/s1. The van der Waals surface area contributed by atoms with Gasteiger partial charge in [-0.3, -0.25) is 4.90 Å². The van der Waals surface area contributed by atoms with E-state index in [2.05, 4.69) is 24.1 Å². The minimum atomic E-state index is -0.969. The van der Waals surface area contributed by atoms with Crippen LogP contribution in [-0.4, -0.2) is 65.2 Å². The van der Waals surface area contributed by atoms with Gasteiger partial charge in [0.15, 0.2) is 0 Å². The van der Waals surface area contributed by atoms with Crippen LogP contribution < -0.4 is 5.32 Å². The van der Waals surface area contributed by atoms with Gasteiger partial charge in [-0.1, -0.05) is 13.3 Å². The van der Waals surface area contributed by atoms with Crippen molar-refractivity contribution in [2.45, 2.75) is 45.2 Å². The van der Waals surface area contributed by atoms with Crippen molar-refractivity contribution in [3.63, 3.8) is 0 Å². The van der Waals surface area contributed by atoms with Gasteiger partial charge >= 0.3 is 12.0 Å². The van der Waals surface area contributed by atoms with Gasteiger partial charge in [-0.25, -0.2) is 9.59 Å². The molecule has 0 aromatic heterocycles. The fourth-order valence-corrected chi connectivity index (χ4v) is 2.20. The zero-order valence-electron chi connectivity index (χ0n) is 12.3. The smallest absolute Gasteiger partial charge is 0.326 e. The molecule has 2 N–H and O–H groups in total. The van der Waals surface area contributed by atoms with E-state index < -0.39 is 12.0 Å². The van der Waals surface area contributed by atoms with Crippen molar-refractivity contribution in [3.8, 4) is 0 Å². The molecule has 6 heteroatoms. The highest BCUT2D eigenvalue weighted by Gasteiger charge is 2.34. The number of rotatable bonds is 4. The second-order valence-electron chi connectivity index (χ2n) is 5.78. The normalized spacial score (nSPS) is 20.9. The number of carbonyl (C=O) groups is 2. The Morgan fingerprint density at radius 1 is 1.37 bits per heavy atom. The predicted molar refractivity (Wildman–Crippen MR) is 73.1 cm³/mol. The number of hydrogen-bond acceptors (Lipinski definition) is 3. The first kappa shape index (κ1) is 15.8. The van der Waals surface area contributed by atoms with Crippen LogP contribution in [0.4, 0.5) is 4.79 Å². The third kappa shape index (κ3) is 4.09. The summed E-state index contributed by atoms with van der Waals surface area (Å²) in [6, 6.07) is -1.07. The lowest BCUT2D eigenvalue weighted by Crippen LogP contribution is -2.61. The van der Waals surface area contributed by atoms with Crippen molar-refractivity contribution >= 4 is 12.0 Å². The van der Waals surface area contributed by atoms with E-state index in [0.29, 0.717) is 19.5 Å². The lowest BCUT2D eigenvalue weighted by molar-refractivity contribution is -0.139. The molecule has 2 amide bonds. The third-order valence-corrected chi connectivity index (χ3v) is 3.78. The number of piperazine rings is 1. The molecular formula is C13H25N3O3. The maximum atomic E-state index is 12.1. The summed E-state index contributed by atoms with van der Waals surface area (Å²) >= 11 is 0. The van der Waals surface area contributed by atoms with E-state index in [1.54, 1.807) is 4.90 Å². The maximum Gasteiger partial charge on any atom is 0.326 e. The highest BCUT2D eigenvalue weighted by molar-refractivity contribution is 5.82. The number of likely N-dealkylation sites (N-methyl/N-ethyl adjacent to an activating group) is 1. The Labute approximate surface area is 114 Å². The van der Waals surface area contributed by atoms with Crippen molar-refractivity contribution in [2.75, 3.05) is 26.7 Å². The molecule has 0 radical (unpaired) electrons. The average Bonchev–Trinajstić information content (AvgIpc) is 2.31. The Balaban J connectivity index is 2.60. The van der Waals surface area contributed by atoms with Crippen molar-refractivity contribution < 1.29 is 14.7 Å². The number of aliphatic carboxylic acids is 1. The maximum absolute atomic E-state index is 12.1. The van der Waals surface area contributed by atoms with Crippen molar-refractivity contribution in [2.24, 2.45) is 0 Å². The first-order chi connectivity index (χ1) is 8.77. The van der Waals surface area contributed by atoms with Gasteiger partial charge in [0.2, 0.25) is 0 Å². The molecular weight excluding hydrogens is 246 g/mol. The van der Waals surface area contributed by atoms with Crippen LogP contribution in [0.3, 0.4) is 0 Å². The summed E-state index contributed by atoms with van der Waals surface area (Å²) in [4.78, 5) is 27.1. The van der Waals surface area contributed by atoms with Gasteiger partial charge < -0.3 is 15.3 Å². The molecule has 0 bridgehead atoms. The van der Waals surface area contributed by atoms with E-state index in [4.69, 9.17) is 5.11 Å². The highest BCUT2D eigenvalue weighted by Crippen LogP contribution is 2.18. The second kappa shape index (κ2) is 6.23. The van der Waals surface area contributed by atoms with Gasteiger partial charge in [-0.15, -0.1) is 0 Å². The number of carbonyl (C=O) groups excluding carboxylic acids is 1. The molecule has 0 aromatic carbocycles. The van der Waals surface area contributed by atoms with Gasteiger partial charge in [0, 0.05) is 25.2 Å². The summed E-state index contributed by atoms with van der Waals surface area (Å²) in [6.45, 7) is 8.09. The van der Waals surface area contributed by atoms with E-state index in [-0.39, 0.29) is 11.6 Å². The monoisotopic (exact) mass is 271 g/mol. The number of carboxylic acid groups (broad SMARTS) is 1. The second-order valence-corrected chi connectivity index (χ2v) is 5.78. The predicted octanol–water partition coefficient (Wildman–Crippen LogP) is 0.975. The molecule has 0 aliphatic carbocycles. The molecule has 0 saturated carbocycles. The van der Waals surface area contributed by atoms with Gasteiger partial charge in [0.1, 0.15) is 6.04 Å². The summed E-state index contributed by atoms with van der Waals surface area (Å²) < 4.78 is 0. The minimum absolute atomic E-state index is 0.0843. The Morgan fingerprint density at radius 2 is 2.00 bits per heavy atom. The number of amides is 2.